The second-order valence-corrected chi connectivity index (χ2v) is 4.25. The summed E-state index contributed by atoms with van der Waals surface area (Å²) in [6.45, 7) is 0.283. The molecule has 0 bridgehead atoms. The molecule has 1 heterocycles. The van der Waals surface area contributed by atoms with Crippen LogP contribution in [0.25, 0.3) is 0 Å². The standard InChI is InChI=1S/C11H10N2O3S/c12-8-2-1-7(11(14)15)5-9(8)16-6-10-13-3-4-17-10/h1-5H,6,12H2,(H,14,15). The van der Waals surface area contributed by atoms with Crippen LogP contribution in [0.2, 0.25) is 0 Å². The maximum absolute atomic E-state index is 10.8. The monoisotopic (exact) mass is 250 g/mol. The fourth-order valence-corrected chi connectivity index (χ4v) is 1.78. The molecule has 1 aromatic heterocycles. The predicted octanol–water partition coefficient (Wildman–Crippen LogP) is 2.00. The van der Waals surface area contributed by atoms with Crippen LogP contribution in [0, 0.1) is 0 Å². The van der Waals surface area contributed by atoms with E-state index < -0.39 is 5.97 Å². The molecule has 88 valence electrons. The number of benzene rings is 1. The minimum atomic E-state index is -1.01. The Kier molecular flexibility index (Phi) is 3.24. The Balaban J connectivity index is 2.14. The van der Waals surface area contributed by atoms with Gasteiger partial charge in [0.05, 0.1) is 11.3 Å². The van der Waals surface area contributed by atoms with Crippen LogP contribution in [-0.2, 0) is 6.61 Å². The van der Waals surface area contributed by atoms with Gasteiger partial charge < -0.3 is 15.6 Å². The van der Waals surface area contributed by atoms with E-state index in [9.17, 15) is 4.79 Å². The van der Waals surface area contributed by atoms with Crippen LogP contribution < -0.4 is 10.5 Å². The first-order valence-corrected chi connectivity index (χ1v) is 5.69. The van der Waals surface area contributed by atoms with Gasteiger partial charge >= 0.3 is 5.97 Å². The van der Waals surface area contributed by atoms with Gasteiger partial charge in [0.25, 0.3) is 0 Å². The van der Waals surface area contributed by atoms with Crippen LogP contribution in [-0.4, -0.2) is 16.1 Å². The topological polar surface area (TPSA) is 85.4 Å². The molecule has 0 aliphatic carbocycles. The molecule has 0 radical (unpaired) electrons. The van der Waals surface area contributed by atoms with Gasteiger partial charge in [-0.15, -0.1) is 11.3 Å². The van der Waals surface area contributed by atoms with Crippen molar-refractivity contribution in [3.8, 4) is 5.75 Å². The molecule has 0 fully saturated rings. The van der Waals surface area contributed by atoms with Crippen molar-refractivity contribution in [2.45, 2.75) is 6.61 Å². The zero-order valence-electron chi connectivity index (χ0n) is 8.79. The third-order valence-electron chi connectivity index (χ3n) is 2.10. The summed E-state index contributed by atoms with van der Waals surface area (Å²) in [5.41, 5.74) is 6.25. The normalized spacial score (nSPS) is 10.1. The largest absolute Gasteiger partial charge is 0.484 e. The quantitative estimate of drug-likeness (QED) is 0.810. The van der Waals surface area contributed by atoms with E-state index >= 15 is 0 Å². The van der Waals surface area contributed by atoms with Crippen molar-refractivity contribution in [1.82, 2.24) is 4.98 Å². The molecule has 2 aromatic rings. The molecule has 0 amide bonds. The van der Waals surface area contributed by atoms with Crippen LogP contribution in [0.3, 0.4) is 0 Å². The molecule has 6 heteroatoms. The summed E-state index contributed by atoms with van der Waals surface area (Å²) in [6.07, 6.45) is 1.68. The number of carboxylic acid groups (broad SMARTS) is 1. The molecule has 0 aliphatic heterocycles. The first kappa shape index (κ1) is 11.4. The van der Waals surface area contributed by atoms with Gasteiger partial charge in [-0.1, -0.05) is 0 Å². The Morgan fingerprint density at radius 1 is 1.53 bits per heavy atom. The van der Waals surface area contributed by atoms with Crippen LogP contribution in [0.1, 0.15) is 15.4 Å². The molecule has 0 saturated heterocycles. The highest BCUT2D eigenvalue weighted by molar-refractivity contribution is 7.09. The summed E-state index contributed by atoms with van der Waals surface area (Å²) in [6, 6.07) is 4.36. The minimum Gasteiger partial charge on any atom is -0.484 e. The zero-order chi connectivity index (χ0) is 12.3. The van der Waals surface area contributed by atoms with E-state index in [4.69, 9.17) is 15.6 Å². The molecule has 0 aliphatic rings. The summed E-state index contributed by atoms with van der Waals surface area (Å²) in [5.74, 6) is -0.649. The van der Waals surface area contributed by atoms with Crippen molar-refractivity contribution in [2.75, 3.05) is 5.73 Å². The van der Waals surface area contributed by atoms with Crippen LogP contribution in [0.5, 0.6) is 5.75 Å². The van der Waals surface area contributed by atoms with Crippen molar-refractivity contribution in [2.24, 2.45) is 0 Å². The van der Waals surface area contributed by atoms with E-state index in [2.05, 4.69) is 4.98 Å². The highest BCUT2D eigenvalue weighted by Crippen LogP contribution is 2.24. The van der Waals surface area contributed by atoms with Crippen molar-refractivity contribution in [3.63, 3.8) is 0 Å². The van der Waals surface area contributed by atoms with Gasteiger partial charge in [-0.3, -0.25) is 0 Å². The Morgan fingerprint density at radius 2 is 2.35 bits per heavy atom. The van der Waals surface area contributed by atoms with Crippen LogP contribution in [0.15, 0.2) is 29.8 Å². The fraction of sp³-hybridized carbons (Fsp3) is 0.0909. The van der Waals surface area contributed by atoms with E-state index in [1.165, 1.54) is 29.5 Å². The number of nitrogen functional groups attached to an aromatic ring is 1. The van der Waals surface area contributed by atoms with E-state index in [1.807, 2.05) is 5.38 Å². The van der Waals surface area contributed by atoms with Gasteiger partial charge in [0, 0.05) is 11.6 Å². The van der Waals surface area contributed by atoms with Crippen LogP contribution >= 0.6 is 11.3 Å². The number of carbonyl (C=O) groups is 1. The summed E-state index contributed by atoms with van der Waals surface area (Å²) in [7, 11) is 0. The van der Waals surface area contributed by atoms with Crippen molar-refractivity contribution >= 4 is 23.0 Å². The number of nitrogens with two attached hydrogens (primary N) is 1. The highest BCUT2D eigenvalue weighted by Gasteiger charge is 2.08. The molecule has 5 nitrogen and oxygen atoms in total. The van der Waals surface area contributed by atoms with Gasteiger partial charge in [0.2, 0.25) is 0 Å². The van der Waals surface area contributed by atoms with Gasteiger partial charge in [-0.2, -0.15) is 0 Å². The lowest BCUT2D eigenvalue weighted by Crippen LogP contribution is -2.02. The Morgan fingerprint density at radius 3 is 3.00 bits per heavy atom. The lowest BCUT2D eigenvalue weighted by atomic mass is 10.2. The van der Waals surface area contributed by atoms with Gasteiger partial charge in [-0.05, 0) is 18.2 Å². The van der Waals surface area contributed by atoms with Crippen LogP contribution in [0.4, 0.5) is 5.69 Å². The molecule has 0 spiro atoms. The van der Waals surface area contributed by atoms with Gasteiger partial charge in [0.1, 0.15) is 17.4 Å². The maximum atomic E-state index is 10.8. The molecule has 2 rings (SSSR count). The first-order valence-electron chi connectivity index (χ1n) is 4.81. The number of carboxylic acids is 1. The summed E-state index contributed by atoms with van der Waals surface area (Å²) < 4.78 is 5.43. The number of anilines is 1. The number of rotatable bonds is 4. The number of ether oxygens (including phenoxy) is 1. The molecule has 0 saturated carbocycles. The van der Waals surface area contributed by atoms with Crippen molar-refractivity contribution < 1.29 is 14.6 Å². The van der Waals surface area contributed by atoms with E-state index in [-0.39, 0.29) is 12.2 Å². The first-order chi connectivity index (χ1) is 8.16. The number of hydrogen-bond acceptors (Lipinski definition) is 5. The molecule has 1 aromatic carbocycles. The van der Waals surface area contributed by atoms with Gasteiger partial charge in [0.15, 0.2) is 0 Å². The summed E-state index contributed by atoms with van der Waals surface area (Å²) >= 11 is 1.47. The molecular formula is C11H10N2O3S. The summed E-state index contributed by atoms with van der Waals surface area (Å²) in [4.78, 5) is 14.8. The van der Waals surface area contributed by atoms with E-state index in [1.54, 1.807) is 6.20 Å². The Bertz CT molecular complexity index is 526. The van der Waals surface area contributed by atoms with E-state index in [0.717, 1.165) is 5.01 Å². The second kappa shape index (κ2) is 4.84. The highest BCUT2D eigenvalue weighted by atomic mass is 32.1. The smallest absolute Gasteiger partial charge is 0.335 e. The number of hydrogen-bond donors (Lipinski definition) is 2. The molecular weight excluding hydrogens is 240 g/mol. The molecule has 17 heavy (non-hydrogen) atoms. The SMILES string of the molecule is Nc1ccc(C(=O)O)cc1OCc1nccs1. The number of thiazole rings is 1. The zero-order valence-corrected chi connectivity index (χ0v) is 9.61. The van der Waals surface area contributed by atoms with Crippen molar-refractivity contribution in [3.05, 3.63) is 40.3 Å². The number of aromatic carboxylic acids is 1. The van der Waals surface area contributed by atoms with E-state index in [0.29, 0.717) is 11.4 Å². The fourth-order valence-electron chi connectivity index (χ4n) is 1.26. The number of aromatic nitrogens is 1. The predicted molar refractivity (Wildman–Crippen MR) is 64.3 cm³/mol. The Hall–Kier alpha value is -2.08. The minimum absolute atomic E-state index is 0.147. The Labute approximate surface area is 101 Å². The molecule has 3 N–H and O–H groups in total. The third kappa shape index (κ3) is 2.73. The summed E-state index contributed by atoms with van der Waals surface area (Å²) in [5, 5.41) is 11.5. The van der Waals surface area contributed by atoms with Crippen molar-refractivity contribution in [1.29, 1.82) is 0 Å². The average molecular weight is 250 g/mol. The maximum Gasteiger partial charge on any atom is 0.335 e. The molecule has 0 unspecified atom stereocenters. The number of nitrogens with zero attached hydrogens (tertiary/aromatic N) is 1. The molecule has 0 atom stereocenters. The third-order valence-corrected chi connectivity index (χ3v) is 2.85. The lowest BCUT2D eigenvalue weighted by Gasteiger charge is -2.08. The van der Waals surface area contributed by atoms with Gasteiger partial charge in [-0.25, -0.2) is 9.78 Å². The second-order valence-electron chi connectivity index (χ2n) is 3.27. The lowest BCUT2D eigenvalue weighted by molar-refractivity contribution is 0.0696. The average Bonchev–Trinajstić information content (AvgIpc) is 2.80.